The van der Waals surface area contributed by atoms with Gasteiger partial charge in [-0.15, -0.1) is 0 Å². The number of carboxylic acids is 1. The lowest BCUT2D eigenvalue weighted by atomic mass is 9.48. The van der Waals surface area contributed by atoms with Crippen LogP contribution in [0, 0.1) is 23.7 Å². The van der Waals surface area contributed by atoms with Gasteiger partial charge in [-0.25, -0.2) is 0 Å². The van der Waals surface area contributed by atoms with E-state index < -0.39 is 11.9 Å². The van der Waals surface area contributed by atoms with Crippen LogP contribution in [0.4, 0.5) is 0 Å². The number of benzene rings is 2. The Morgan fingerprint density at radius 1 is 0.950 bits per heavy atom. The molecule has 0 radical (unpaired) electrons. The molecule has 2 N–H and O–H groups in total. The summed E-state index contributed by atoms with van der Waals surface area (Å²) in [7, 11) is 0. The maximum atomic E-state index is 13.2. The van der Waals surface area contributed by atoms with Gasteiger partial charge in [0, 0.05) is 17.7 Å². The van der Waals surface area contributed by atoms with Gasteiger partial charge in [-0.1, -0.05) is 57.4 Å². The molecule has 2 aromatic rings. The standard InChI is InChI=1S/C35H47NO4/c1-3-5-6-7-14-40-32-13-8-24(18-28(4-2)34(38)39)19-30(32)23-36-33(37)29-9-11-31(12-10-29)35-20-25-15-26(21-35)17-27(16-25)22-35/h8-13,19,25-28H,3-7,14-18,20-23H2,1-2H3,(H,36,37)(H,38,39)/t25?,26?,27?,28-,35?/m1/s1. The van der Waals surface area contributed by atoms with E-state index in [1.165, 1.54) is 56.9 Å². The molecule has 4 saturated carbocycles. The lowest BCUT2D eigenvalue weighted by Crippen LogP contribution is -2.48. The Kier molecular flexibility index (Phi) is 9.17. The summed E-state index contributed by atoms with van der Waals surface area (Å²) in [5, 5.41) is 12.6. The smallest absolute Gasteiger partial charge is 0.306 e. The minimum absolute atomic E-state index is 0.0895. The number of nitrogens with one attached hydrogen (secondary N) is 1. The van der Waals surface area contributed by atoms with E-state index in [4.69, 9.17) is 4.74 Å². The van der Waals surface area contributed by atoms with E-state index in [1.807, 2.05) is 37.3 Å². The molecule has 0 spiro atoms. The van der Waals surface area contributed by atoms with Crippen molar-refractivity contribution in [3.63, 3.8) is 0 Å². The number of hydrogen-bond donors (Lipinski definition) is 2. The fraction of sp³-hybridized carbons (Fsp3) is 0.600. The largest absolute Gasteiger partial charge is 0.493 e. The minimum atomic E-state index is -0.773. The number of aliphatic carboxylic acids is 1. The summed E-state index contributed by atoms with van der Waals surface area (Å²) < 4.78 is 6.12. The fourth-order valence-corrected chi connectivity index (χ4v) is 8.16. The first kappa shape index (κ1) is 28.7. The zero-order chi connectivity index (χ0) is 28.1. The van der Waals surface area contributed by atoms with Crippen LogP contribution >= 0.6 is 0 Å². The van der Waals surface area contributed by atoms with Gasteiger partial charge in [-0.2, -0.15) is 0 Å². The highest BCUT2D eigenvalue weighted by molar-refractivity contribution is 5.94. The third-order valence-corrected chi connectivity index (χ3v) is 9.94. The second kappa shape index (κ2) is 12.8. The Hall–Kier alpha value is -2.82. The highest BCUT2D eigenvalue weighted by atomic mass is 16.5. The van der Waals surface area contributed by atoms with Crippen molar-refractivity contribution in [2.24, 2.45) is 23.7 Å². The number of rotatable bonds is 14. The van der Waals surface area contributed by atoms with Gasteiger partial charge in [-0.3, -0.25) is 9.59 Å². The number of amides is 1. The average Bonchev–Trinajstić information content (AvgIpc) is 2.94. The molecule has 5 nitrogen and oxygen atoms in total. The van der Waals surface area contributed by atoms with Crippen LogP contribution < -0.4 is 10.1 Å². The normalized spacial score (nSPS) is 25.5. The molecule has 6 rings (SSSR count). The molecular weight excluding hydrogens is 498 g/mol. The Morgan fingerprint density at radius 3 is 2.23 bits per heavy atom. The summed E-state index contributed by atoms with van der Waals surface area (Å²) in [5.74, 6) is 2.18. The summed E-state index contributed by atoms with van der Waals surface area (Å²) >= 11 is 0. The lowest BCUT2D eigenvalue weighted by molar-refractivity contribution is -0.141. The number of carbonyl (C=O) groups excluding carboxylic acids is 1. The molecule has 4 bridgehead atoms. The molecule has 0 saturated heterocycles. The fourth-order valence-electron chi connectivity index (χ4n) is 8.16. The predicted molar refractivity (Wildman–Crippen MR) is 159 cm³/mol. The molecule has 216 valence electrons. The van der Waals surface area contributed by atoms with E-state index >= 15 is 0 Å². The van der Waals surface area contributed by atoms with Crippen molar-refractivity contribution in [2.45, 2.75) is 103 Å². The first-order valence-electron chi connectivity index (χ1n) is 15.7. The number of unbranched alkanes of at least 4 members (excludes halogenated alkanes) is 3. The van der Waals surface area contributed by atoms with E-state index in [1.54, 1.807) is 0 Å². The minimum Gasteiger partial charge on any atom is -0.493 e. The summed E-state index contributed by atoms with van der Waals surface area (Å²) in [5.41, 5.74) is 4.30. The predicted octanol–water partition coefficient (Wildman–Crippen LogP) is 7.70. The van der Waals surface area contributed by atoms with Crippen LogP contribution in [0.1, 0.15) is 112 Å². The lowest BCUT2D eigenvalue weighted by Gasteiger charge is -2.57. The van der Waals surface area contributed by atoms with Crippen LogP contribution in [0.25, 0.3) is 0 Å². The summed E-state index contributed by atoms with van der Waals surface area (Å²) in [4.78, 5) is 24.8. The number of carboxylic acid groups (broad SMARTS) is 1. The average molecular weight is 546 g/mol. The van der Waals surface area contributed by atoms with E-state index in [9.17, 15) is 14.7 Å². The van der Waals surface area contributed by atoms with Gasteiger partial charge in [-0.05, 0) is 110 Å². The molecule has 5 heteroatoms. The Labute approximate surface area is 240 Å². The van der Waals surface area contributed by atoms with Crippen LogP contribution in [-0.4, -0.2) is 23.6 Å². The Morgan fingerprint density at radius 2 is 1.62 bits per heavy atom. The summed E-state index contributed by atoms with van der Waals surface area (Å²) in [6.07, 6.45) is 13.8. The molecule has 4 aliphatic rings. The second-order valence-electron chi connectivity index (χ2n) is 13.0. The molecule has 0 heterocycles. The van der Waals surface area contributed by atoms with Crippen LogP contribution in [0.2, 0.25) is 0 Å². The van der Waals surface area contributed by atoms with Crippen molar-refractivity contribution in [3.05, 3.63) is 64.7 Å². The molecule has 4 aliphatic carbocycles. The highest BCUT2D eigenvalue weighted by Crippen LogP contribution is 2.60. The van der Waals surface area contributed by atoms with Crippen molar-refractivity contribution in [2.75, 3.05) is 6.61 Å². The molecule has 40 heavy (non-hydrogen) atoms. The van der Waals surface area contributed by atoms with Crippen molar-refractivity contribution in [1.29, 1.82) is 0 Å². The van der Waals surface area contributed by atoms with Crippen molar-refractivity contribution in [3.8, 4) is 5.75 Å². The van der Waals surface area contributed by atoms with E-state index in [-0.39, 0.29) is 5.91 Å². The topological polar surface area (TPSA) is 75.6 Å². The monoisotopic (exact) mass is 545 g/mol. The molecule has 2 aromatic carbocycles. The van der Waals surface area contributed by atoms with Crippen LogP contribution in [-0.2, 0) is 23.2 Å². The molecule has 0 aliphatic heterocycles. The van der Waals surface area contributed by atoms with Gasteiger partial charge >= 0.3 is 5.97 Å². The molecule has 0 aromatic heterocycles. The van der Waals surface area contributed by atoms with E-state index in [2.05, 4.69) is 24.4 Å². The van der Waals surface area contributed by atoms with Crippen LogP contribution in [0.5, 0.6) is 5.75 Å². The van der Waals surface area contributed by atoms with Crippen molar-refractivity contribution < 1.29 is 19.4 Å². The first-order valence-corrected chi connectivity index (χ1v) is 15.7. The van der Waals surface area contributed by atoms with Gasteiger partial charge in [0.05, 0.1) is 12.5 Å². The van der Waals surface area contributed by atoms with Crippen molar-refractivity contribution >= 4 is 11.9 Å². The van der Waals surface area contributed by atoms with Crippen LogP contribution in [0.15, 0.2) is 42.5 Å². The third-order valence-electron chi connectivity index (χ3n) is 9.94. The van der Waals surface area contributed by atoms with Gasteiger partial charge in [0.15, 0.2) is 0 Å². The molecule has 0 unspecified atom stereocenters. The molecule has 1 atom stereocenters. The number of carbonyl (C=O) groups is 2. The highest BCUT2D eigenvalue weighted by Gasteiger charge is 2.51. The summed E-state index contributed by atoms with van der Waals surface area (Å²) in [6.45, 7) is 5.08. The van der Waals surface area contributed by atoms with Gasteiger partial charge < -0.3 is 15.2 Å². The zero-order valence-corrected chi connectivity index (χ0v) is 24.4. The maximum Gasteiger partial charge on any atom is 0.306 e. The summed E-state index contributed by atoms with van der Waals surface area (Å²) in [6, 6.07) is 14.3. The van der Waals surface area contributed by atoms with Crippen molar-refractivity contribution in [1.82, 2.24) is 5.32 Å². The third kappa shape index (κ3) is 6.56. The van der Waals surface area contributed by atoms with E-state index in [0.29, 0.717) is 37.0 Å². The van der Waals surface area contributed by atoms with Gasteiger partial charge in [0.1, 0.15) is 5.75 Å². The SMILES string of the molecule is CCCCCCOc1ccc(C[C@@H](CC)C(=O)O)cc1CNC(=O)c1ccc(C23CC4CC(CC(C4)C2)C3)cc1. The molecular formula is C35H47NO4. The number of ether oxygens (including phenoxy) is 1. The number of hydrogen-bond acceptors (Lipinski definition) is 3. The molecule has 4 fully saturated rings. The Bertz CT molecular complexity index is 1140. The van der Waals surface area contributed by atoms with Gasteiger partial charge in [0.25, 0.3) is 5.91 Å². The second-order valence-corrected chi connectivity index (χ2v) is 13.0. The maximum absolute atomic E-state index is 13.2. The first-order chi connectivity index (χ1) is 19.4. The zero-order valence-electron chi connectivity index (χ0n) is 24.4. The quantitative estimate of drug-likeness (QED) is 0.239. The Balaban J connectivity index is 1.24. The molecule has 1 amide bonds. The van der Waals surface area contributed by atoms with E-state index in [0.717, 1.165) is 47.5 Å². The van der Waals surface area contributed by atoms with Gasteiger partial charge in [0.2, 0.25) is 0 Å². The van der Waals surface area contributed by atoms with Crippen LogP contribution in [0.3, 0.4) is 0 Å².